The highest BCUT2D eigenvalue weighted by Crippen LogP contribution is 2.30. The van der Waals surface area contributed by atoms with Gasteiger partial charge in [0.25, 0.3) is 0 Å². The van der Waals surface area contributed by atoms with Crippen LogP contribution in [-0.4, -0.2) is 50.1 Å². The third-order valence-electron chi connectivity index (χ3n) is 4.94. The average Bonchev–Trinajstić information content (AvgIpc) is 3.15. The minimum absolute atomic E-state index is 0.0709. The van der Waals surface area contributed by atoms with Gasteiger partial charge in [-0.3, -0.25) is 0 Å². The van der Waals surface area contributed by atoms with Crippen LogP contribution >= 0.6 is 0 Å². The Morgan fingerprint density at radius 3 is 2.48 bits per heavy atom. The van der Waals surface area contributed by atoms with E-state index in [1.54, 1.807) is 17.3 Å². The molecule has 1 atom stereocenters. The van der Waals surface area contributed by atoms with Gasteiger partial charge in [0.2, 0.25) is 11.8 Å². The zero-order chi connectivity index (χ0) is 19.4. The quantitative estimate of drug-likeness (QED) is 0.718. The molecule has 2 aliphatic rings. The van der Waals surface area contributed by atoms with Crippen molar-refractivity contribution in [1.82, 2.24) is 24.7 Å². The first-order chi connectivity index (χ1) is 12.6. The lowest BCUT2D eigenvalue weighted by molar-refractivity contribution is -0.147. The van der Waals surface area contributed by atoms with Crippen LogP contribution in [0.2, 0.25) is 0 Å². The Labute approximate surface area is 153 Å². The summed E-state index contributed by atoms with van der Waals surface area (Å²) in [6, 6.07) is 0. The van der Waals surface area contributed by atoms with Crippen LogP contribution in [0.25, 0.3) is 0 Å². The molecule has 0 spiro atoms. The molecule has 12 heteroatoms. The Morgan fingerprint density at radius 2 is 1.89 bits per heavy atom. The Balaban J connectivity index is 1.49. The summed E-state index contributed by atoms with van der Waals surface area (Å²) in [7, 11) is -0.539. The van der Waals surface area contributed by atoms with Gasteiger partial charge >= 0.3 is 13.3 Å². The monoisotopic (exact) mass is 382 g/mol. The van der Waals surface area contributed by atoms with E-state index in [2.05, 4.69) is 20.2 Å². The topological polar surface area (TPSA) is 78.2 Å². The summed E-state index contributed by atoms with van der Waals surface area (Å²) in [6.07, 6.45) is -1.36. The molecule has 0 N–H and O–H groups in total. The van der Waals surface area contributed by atoms with Gasteiger partial charge < -0.3 is 18.8 Å². The molecule has 4 heterocycles. The van der Waals surface area contributed by atoms with Crippen molar-refractivity contribution in [1.29, 1.82) is 0 Å². The number of hydrogen-bond acceptors (Lipinski definition) is 7. The lowest BCUT2D eigenvalue weighted by Crippen LogP contribution is -2.38. The van der Waals surface area contributed by atoms with Crippen molar-refractivity contribution in [2.75, 3.05) is 11.4 Å². The lowest BCUT2D eigenvalue weighted by Gasteiger charge is -2.28. The average molecular weight is 382 g/mol. The molecule has 0 bridgehead atoms. The molecular formula is C15H18BF3N6O2. The van der Waals surface area contributed by atoms with Gasteiger partial charge in [-0.15, -0.1) is 10.2 Å². The predicted octanol–water partition coefficient (Wildman–Crippen LogP) is 1.02. The van der Waals surface area contributed by atoms with E-state index in [0.29, 0.717) is 18.0 Å². The molecule has 8 nitrogen and oxygen atoms in total. The van der Waals surface area contributed by atoms with Gasteiger partial charge in [-0.25, -0.2) is 9.97 Å². The van der Waals surface area contributed by atoms with Gasteiger partial charge in [0.05, 0.1) is 18.2 Å². The first-order valence-electron chi connectivity index (χ1n) is 8.54. The summed E-state index contributed by atoms with van der Waals surface area (Å²) < 4.78 is 51.5. The van der Waals surface area contributed by atoms with Gasteiger partial charge in [-0.1, -0.05) is 0 Å². The number of fused-ring (bicyclic) bond motifs is 1. The van der Waals surface area contributed by atoms with Crippen molar-refractivity contribution in [2.24, 2.45) is 0 Å². The number of rotatable bonds is 2. The number of anilines is 1. The van der Waals surface area contributed by atoms with E-state index in [-0.39, 0.29) is 25.0 Å². The van der Waals surface area contributed by atoms with E-state index < -0.39 is 24.7 Å². The summed E-state index contributed by atoms with van der Waals surface area (Å²) in [5.74, 6) is -0.327. The molecule has 27 heavy (non-hydrogen) atoms. The zero-order valence-electron chi connectivity index (χ0n) is 15.1. The van der Waals surface area contributed by atoms with Crippen LogP contribution in [0.15, 0.2) is 12.4 Å². The van der Waals surface area contributed by atoms with E-state index >= 15 is 0 Å². The zero-order valence-corrected chi connectivity index (χ0v) is 15.1. The molecule has 0 saturated carbocycles. The predicted molar refractivity (Wildman–Crippen MR) is 89.2 cm³/mol. The third kappa shape index (κ3) is 3.27. The van der Waals surface area contributed by atoms with Crippen molar-refractivity contribution in [3.63, 3.8) is 0 Å². The molecule has 144 valence electrons. The van der Waals surface area contributed by atoms with Crippen LogP contribution < -0.4 is 10.4 Å². The van der Waals surface area contributed by atoms with E-state index in [4.69, 9.17) is 9.31 Å². The van der Waals surface area contributed by atoms with Crippen molar-refractivity contribution in [3.8, 4) is 0 Å². The number of halogens is 3. The molecule has 1 saturated heterocycles. The molecule has 1 unspecified atom stereocenters. The minimum atomic E-state index is -4.52. The second-order valence-corrected chi connectivity index (χ2v) is 7.16. The van der Waals surface area contributed by atoms with E-state index in [9.17, 15) is 13.2 Å². The molecule has 0 aromatic carbocycles. The normalized spacial score (nSPS) is 22.2. The Kier molecular flexibility index (Phi) is 4.15. The largest absolute Gasteiger partial charge is 0.497 e. The SMILES string of the molecule is CC1OB(c2cnc(N3CCn4c(nnc4C(F)(F)F)C3)nc2)OC1(C)C. The Morgan fingerprint density at radius 1 is 1.19 bits per heavy atom. The van der Waals surface area contributed by atoms with Crippen molar-refractivity contribution < 1.29 is 22.5 Å². The second kappa shape index (κ2) is 6.16. The highest BCUT2D eigenvalue weighted by Gasteiger charge is 2.44. The maximum atomic E-state index is 12.9. The molecule has 0 radical (unpaired) electrons. The second-order valence-electron chi connectivity index (χ2n) is 7.16. The Hall–Kier alpha value is -2.21. The first-order valence-corrected chi connectivity index (χ1v) is 8.54. The lowest BCUT2D eigenvalue weighted by atomic mass is 9.81. The number of hydrogen-bond donors (Lipinski definition) is 0. The van der Waals surface area contributed by atoms with Crippen molar-refractivity contribution in [2.45, 2.75) is 51.7 Å². The standard InChI is InChI=1S/C15H18BF3N6O2/c1-9-14(2,3)27-16(26-9)10-6-20-13(21-7-10)24-4-5-25-11(8-24)22-23-12(25)15(17,18)19/h6-7,9H,4-5,8H2,1-3H3. The van der Waals surface area contributed by atoms with Gasteiger partial charge in [-0.2, -0.15) is 13.2 Å². The maximum Gasteiger partial charge on any atom is 0.497 e. The van der Waals surface area contributed by atoms with Crippen molar-refractivity contribution >= 4 is 18.5 Å². The van der Waals surface area contributed by atoms with Crippen LogP contribution in [0.4, 0.5) is 19.1 Å². The number of nitrogens with zero attached hydrogens (tertiary/aromatic N) is 6. The third-order valence-corrected chi connectivity index (χ3v) is 4.94. The minimum Gasteiger partial charge on any atom is -0.402 e. The fourth-order valence-electron chi connectivity index (χ4n) is 3.05. The van der Waals surface area contributed by atoms with Crippen LogP contribution in [0.1, 0.15) is 32.4 Å². The van der Waals surface area contributed by atoms with Gasteiger partial charge in [0, 0.05) is 30.9 Å². The summed E-state index contributed by atoms with van der Waals surface area (Å²) in [5, 5.41) is 6.93. The molecule has 4 rings (SSSR count). The summed E-state index contributed by atoms with van der Waals surface area (Å²) in [4.78, 5) is 10.4. The number of alkyl halides is 3. The Bertz CT molecular complexity index is 841. The van der Waals surface area contributed by atoms with E-state index in [1.807, 2.05) is 20.8 Å². The van der Waals surface area contributed by atoms with E-state index in [1.165, 1.54) is 0 Å². The fourth-order valence-corrected chi connectivity index (χ4v) is 3.05. The highest BCUT2D eigenvalue weighted by molar-refractivity contribution is 6.61. The van der Waals surface area contributed by atoms with Crippen LogP contribution in [0.5, 0.6) is 0 Å². The molecule has 2 aromatic heterocycles. The highest BCUT2D eigenvalue weighted by atomic mass is 19.4. The molecule has 1 fully saturated rings. The summed E-state index contributed by atoms with van der Waals surface area (Å²) in [6.45, 7) is 6.44. The first kappa shape index (κ1) is 18.2. The van der Waals surface area contributed by atoms with Crippen LogP contribution in [0.3, 0.4) is 0 Å². The molecule has 2 aliphatic heterocycles. The van der Waals surface area contributed by atoms with Crippen LogP contribution in [-0.2, 0) is 28.6 Å². The molecular weight excluding hydrogens is 364 g/mol. The van der Waals surface area contributed by atoms with Gasteiger partial charge in [-0.05, 0) is 20.8 Å². The van der Waals surface area contributed by atoms with E-state index in [0.717, 1.165) is 4.57 Å². The molecule has 0 amide bonds. The van der Waals surface area contributed by atoms with Gasteiger partial charge in [0.1, 0.15) is 0 Å². The summed E-state index contributed by atoms with van der Waals surface area (Å²) >= 11 is 0. The van der Waals surface area contributed by atoms with Crippen molar-refractivity contribution in [3.05, 3.63) is 24.0 Å². The summed E-state index contributed by atoms with van der Waals surface area (Å²) in [5.41, 5.74) is 0.284. The smallest absolute Gasteiger partial charge is 0.402 e. The fraction of sp³-hybridized carbons (Fsp3) is 0.600. The molecule has 0 aliphatic carbocycles. The maximum absolute atomic E-state index is 12.9. The number of aromatic nitrogens is 5. The molecule has 2 aromatic rings. The van der Waals surface area contributed by atoms with Gasteiger partial charge in [0.15, 0.2) is 5.82 Å². The van der Waals surface area contributed by atoms with Crippen LogP contribution in [0, 0.1) is 0 Å².